The number of aromatic nitrogens is 2. The van der Waals surface area contributed by atoms with Crippen LogP contribution < -0.4 is 0 Å². The summed E-state index contributed by atoms with van der Waals surface area (Å²) >= 11 is 0. The molecule has 0 aliphatic heterocycles. The Morgan fingerprint density at radius 3 is 2.94 bits per heavy atom. The lowest BCUT2D eigenvalue weighted by Gasteiger charge is -2.00. The van der Waals surface area contributed by atoms with Crippen LogP contribution in [0.5, 0.6) is 0 Å². The lowest BCUT2D eigenvalue weighted by Crippen LogP contribution is -1.99. The second-order valence-corrected chi connectivity index (χ2v) is 3.79. The number of hydrogen-bond acceptors (Lipinski definition) is 5. The molecule has 18 heavy (non-hydrogen) atoms. The predicted octanol–water partition coefficient (Wildman–Crippen LogP) is 2.49. The van der Waals surface area contributed by atoms with Gasteiger partial charge in [-0.1, -0.05) is 5.16 Å². The summed E-state index contributed by atoms with van der Waals surface area (Å²) in [6.45, 7) is 1.67. The molecule has 0 spiro atoms. The quantitative estimate of drug-likeness (QED) is 0.744. The van der Waals surface area contributed by atoms with Gasteiger partial charge in [0.1, 0.15) is 5.69 Å². The predicted molar refractivity (Wildman–Crippen MR) is 61.2 cm³/mol. The number of furan rings is 1. The van der Waals surface area contributed by atoms with Crippen molar-refractivity contribution in [2.24, 2.45) is 0 Å². The average molecular weight is 244 g/mol. The fourth-order valence-corrected chi connectivity index (χ4v) is 1.81. The third-order valence-electron chi connectivity index (χ3n) is 2.62. The van der Waals surface area contributed by atoms with Gasteiger partial charge in [-0.3, -0.25) is 0 Å². The number of pyridine rings is 1. The van der Waals surface area contributed by atoms with Crippen molar-refractivity contribution in [1.82, 2.24) is 10.1 Å². The number of fused-ring (bicyclic) bond motifs is 1. The number of aryl methyl sites for hydroxylation is 1. The molecule has 90 valence electrons. The molecule has 0 aliphatic carbocycles. The number of carboxylic acid groups (broad SMARTS) is 1. The summed E-state index contributed by atoms with van der Waals surface area (Å²) in [4.78, 5) is 15.5. The molecular weight excluding hydrogens is 236 g/mol. The highest BCUT2D eigenvalue weighted by atomic mass is 16.5. The van der Waals surface area contributed by atoms with Gasteiger partial charge >= 0.3 is 5.97 Å². The molecule has 6 nitrogen and oxygen atoms in total. The zero-order chi connectivity index (χ0) is 12.7. The minimum atomic E-state index is -1.05. The van der Waals surface area contributed by atoms with Crippen LogP contribution in [0.25, 0.3) is 22.6 Å². The lowest BCUT2D eigenvalue weighted by atomic mass is 10.1. The van der Waals surface area contributed by atoms with Gasteiger partial charge in [0.2, 0.25) is 0 Å². The molecule has 0 atom stereocenters. The summed E-state index contributed by atoms with van der Waals surface area (Å²) in [5.74, 6) is -0.574. The Morgan fingerprint density at radius 2 is 2.28 bits per heavy atom. The van der Waals surface area contributed by atoms with E-state index in [1.807, 2.05) is 0 Å². The van der Waals surface area contributed by atoms with Crippen molar-refractivity contribution in [2.45, 2.75) is 6.92 Å². The minimum absolute atomic E-state index is 0.102. The maximum atomic E-state index is 11.3. The number of aromatic carboxylic acids is 1. The van der Waals surface area contributed by atoms with E-state index in [-0.39, 0.29) is 11.3 Å². The van der Waals surface area contributed by atoms with Crippen molar-refractivity contribution in [3.8, 4) is 11.5 Å². The van der Waals surface area contributed by atoms with Gasteiger partial charge in [0.05, 0.1) is 22.9 Å². The fourth-order valence-electron chi connectivity index (χ4n) is 1.81. The molecule has 3 aromatic heterocycles. The number of rotatable bonds is 2. The first-order valence-electron chi connectivity index (χ1n) is 5.21. The number of carbonyl (C=O) groups is 1. The molecule has 0 fully saturated rings. The van der Waals surface area contributed by atoms with Crippen LogP contribution in [0.1, 0.15) is 16.1 Å². The second-order valence-electron chi connectivity index (χ2n) is 3.79. The smallest absolute Gasteiger partial charge is 0.336 e. The van der Waals surface area contributed by atoms with Crippen LogP contribution >= 0.6 is 0 Å². The molecule has 0 saturated heterocycles. The number of nitrogens with zero attached hydrogens (tertiary/aromatic N) is 2. The third-order valence-corrected chi connectivity index (χ3v) is 2.62. The molecule has 3 heterocycles. The zero-order valence-corrected chi connectivity index (χ0v) is 9.38. The molecule has 0 amide bonds. The van der Waals surface area contributed by atoms with E-state index in [4.69, 9.17) is 8.94 Å². The summed E-state index contributed by atoms with van der Waals surface area (Å²) in [6, 6.07) is 4.85. The monoisotopic (exact) mass is 244 g/mol. The van der Waals surface area contributed by atoms with Crippen LogP contribution in [0.2, 0.25) is 0 Å². The van der Waals surface area contributed by atoms with Crippen LogP contribution in [0, 0.1) is 6.92 Å². The lowest BCUT2D eigenvalue weighted by molar-refractivity contribution is 0.0699. The standard InChI is InChI=1S/C12H8N2O4/c1-6-10-7(12(15)16)5-8(9-3-2-4-17-9)13-11(10)18-14-6/h2-5H,1H3,(H,15,16). The van der Waals surface area contributed by atoms with Crippen molar-refractivity contribution in [1.29, 1.82) is 0 Å². The summed E-state index contributed by atoms with van der Waals surface area (Å²) in [5, 5.41) is 13.4. The van der Waals surface area contributed by atoms with Crippen molar-refractivity contribution in [2.75, 3.05) is 0 Å². The van der Waals surface area contributed by atoms with Gasteiger partial charge in [-0.25, -0.2) is 9.78 Å². The van der Waals surface area contributed by atoms with E-state index >= 15 is 0 Å². The van der Waals surface area contributed by atoms with Crippen molar-refractivity contribution in [3.05, 3.63) is 35.7 Å². The first-order chi connectivity index (χ1) is 8.66. The van der Waals surface area contributed by atoms with E-state index in [2.05, 4.69) is 10.1 Å². The minimum Gasteiger partial charge on any atom is -0.478 e. The van der Waals surface area contributed by atoms with E-state index in [0.717, 1.165) is 0 Å². The van der Waals surface area contributed by atoms with E-state index in [0.29, 0.717) is 22.5 Å². The van der Waals surface area contributed by atoms with Crippen LogP contribution in [-0.2, 0) is 0 Å². The molecule has 0 aromatic carbocycles. The van der Waals surface area contributed by atoms with E-state index in [1.54, 1.807) is 19.1 Å². The summed E-state index contributed by atoms with van der Waals surface area (Å²) in [6.07, 6.45) is 1.49. The molecule has 0 radical (unpaired) electrons. The molecule has 3 rings (SSSR count). The van der Waals surface area contributed by atoms with Crippen molar-refractivity contribution < 1.29 is 18.8 Å². The van der Waals surface area contributed by atoms with Gasteiger partial charge in [0.15, 0.2) is 5.76 Å². The maximum absolute atomic E-state index is 11.3. The van der Waals surface area contributed by atoms with Crippen LogP contribution in [-0.4, -0.2) is 21.2 Å². The maximum Gasteiger partial charge on any atom is 0.336 e. The highest BCUT2D eigenvalue weighted by molar-refractivity contribution is 6.03. The third kappa shape index (κ3) is 1.46. The largest absolute Gasteiger partial charge is 0.478 e. The van der Waals surface area contributed by atoms with Gasteiger partial charge in [0, 0.05) is 0 Å². The van der Waals surface area contributed by atoms with E-state index in [1.165, 1.54) is 12.3 Å². The Bertz CT molecular complexity index is 728. The van der Waals surface area contributed by atoms with Gasteiger partial charge in [-0.15, -0.1) is 0 Å². The summed E-state index contributed by atoms with van der Waals surface area (Å²) < 4.78 is 10.2. The average Bonchev–Trinajstić information content (AvgIpc) is 2.98. The van der Waals surface area contributed by atoms with E-state index in [9.17, 15) is 9.90 Å². The first kappa shape index (κ1) is 10.5. The highest BCUT2D eigenvalue weighted by Gasteiger charge is 2.19. The molecule has 6 heteroatoms. The molecule has 0 saturated carbocycles. The Kier molecular flexibility index (Phi) is 2.16. The Hall–Kier alpha value is -2.63. The van der Waals surface area contributed by atoms with E-state index < -0.39 is 5.97 Å². The molecule has 1 N–H and O–H groups in total. The Labute approximate surface area is 101 Å². The first-order valence-corrected chi connectivity index (χ1v) is 5.21. The summed E-state index contributed by atoms with van der Waals surface area (Å²) in [7, 11) is 0. The SMILES string of the molecule is Cc1noc2nc(-c3ccco3)cc(C(=O)O)c12. The Balaban J connectivity index is 2.34. The number of carboxylic acids is 1. The molecule has 0 unspecified atom stereocenters. The fraction of sp³-hybridized carbons (Fsp3) is 0.0833. The second kappa shape index (κ2) is 3.69. The highest BCUT2D eigenvalue weighted by Crippen LogP contribution is 2.27. The molecule has 0 aliphatic rings. The van der Waals surface area contributed by atoms with Crippen LogP contribution in [0.3, 0.4) is 0 Å². The van der Waals surface area contributed by atoms with Crippen LogP contribution in [0.4, 0.5) is 0 Å². The molecule has 0 bridgehead atoms. The van der Waals surface area contributed by atoms with Crippen molar-refractivity contribution >= 4 is 17.1 Å². The zero-order valence-electron chi connectivity index (χ0n) is 9.38. The van der Waals surface area contributed by atoms with Crippen LogP contribution in [0.15, 0.2) is 33.4 Å². The van der Waals surface area contributed by atoms with Gasteiger partial charge in [0.25, 0.3) is 5.71 Å². The normalized spacial score (nSPS) is 10.9. The topological polar surface area (TPSA) is 89.4 Å². The summed E-state index contributed by atoms with van der Waals surface area (Å²) in [5.41, 5.74) is 1.20. The van der Waals surface area contributed by atoms with Gasteiger partial charge in [-0.05, 0) is 25.1 Å². The van der Waals surface area contributed by atoms with Gasteiger partial charge < -0.3 is 14.0 Å². The molecular formula is C12H8N2O4. The van der Waals surface area contributed by atoms with Crippen molar-refractivity contribution in [3.63, 3.8) is 0 Å². The Morgan fingerprint density at radius 1 is 1.44 bits per heavy atom. The molecule has 3 aromatic rings. The number of hydrogen-bond donors (Lipinski definition) is 1. The van der Waals surface area contributed by atoms with Gasteiger partial charge in [-0.2, -0.15) is 0 Å².